The molecule has 4 fully saturated rings. The van der Waals surface area contributed by atoms with E-state index in [0.717, 1.165) is 84.1 Å². The number of benzene rings is 3. The molecule has 0 radical (unpaired) electrons. The number of aliphatic hydroxyl groups is 1. The van der Waals surface area contributed by atoms with Gasteiger partial charge in [0.2, 0.25) is 17.5 Å². The molecular formula is C56H67BrFN7O9. The molecular weight excluding hydrogens is 1010 g/mol. The number of fused-ring (bicyclic) bond motifs is 6. The summed E-state index contributed by atoms with van der Waals surface area (Å²) < 4.78 is 37.3. The molecule has 3 N–H and O–H groups in total. The van der Waals surface area contributed by atoms with E-state index >= 15 is 0 Å². The second-order valence-corrected chi connectivity index (χ2v) is 22.4. The van der Waals surface area contributed by atoms with Gasteiger partial charge in [-0.2, -0.15) is 0 Å². The van der Waals surface area contributed by atoms with Crippen LogP contribution in [0, 0.1) is 23.6 Å². The molecule has 4 saturated heterocycles. The van der Waals surface area contributed by atoms with Crippen molar-refractivity contribution in [3.63, 3.8) is 0 Å². The molecule has 1 aliphatic carbocycles. The largest absolute Gasteiger partial charge is 0.493 e. The third-order valence-corrected chi connectivity index (χ3v) is 16.8. The highest BCUT2D eigenvalue weighted by Gasteiger charge is 2.72. The summed E-state index contributed by atoms with van der Waals surface area (Å²) in [6.45, 7) is 13.6. The Labute approximate surface area is 439 Å². The lowest BCUT2D eigenvalue weighted by molar-refractivity contribution is -0.322. The SMILES string of the molecule is CC(C)C[C@H]1C(=O)N2CCC[C@H]2[C@]2(O)O[C@](NC(=O)[C@@H]3C=C4c5cccc6[nH]c(Br)c(c56)C[C@H]4N(C)C3)(C(C)C)C(=O)N12.COc1cc(C(C)=O)ccc1OCCCN1CCC(c2noc3cc(F)ccc23)CC1. The summed E-state index contributed by atoms with van der Waals surface area (Å²) >= 11 is 3.70. The van der Waals surface area contributed by atoms with E-state index in [2.05, 4.69) is 53.3 Å². The second kappa shape index (κ2) is 20.5. The van der Waals surface area contributed by atoms with Gasteiger partial charge in [-0.05, 0) is 147 Å². The van der Waals surface area contributed by atoms with Crippen molar-refractivity contribution in [1.29, 1.82) is 0 Å². The standard InChI is InChI=1S/C32H40BrN5O5.C24H27FN2O4/c1-16(2)12-24-29(40)37-11-7-10-25(37)32(42)38(24)30(41)31(43-32,17(3)4)35-28(39)18-13-20-19-8-6-9-22-26(19)21(27(33)34-22)14-23(20)36(5)15-18;1-16(28)18-4-7-21(23(14-18)29-2)30-13-3-10-27-11-8-17(9-12-27)24-20-6-5-19(25)15-22(20)31-26-24/h6,8-9,13,16-18,23-25,34,42H,7,10-12,14-15H2,1-5H3,(H,35,39);4-7,14-15,17H,3,8-13H2,1-2H3/t18-,23-,24+,25+,31-,32+;/m1./s1. The number of amides is 3. The molecule has 0 bridgehead atoms. The van der Waals surface area contributed by atoms with Crippen LogP contribution in [0.25, 0.3) is 27.4 Å². The first-order valence-corrected chi connectivity index (χ1v) is 26.9. The fourth-order valence-electron chi connectivity index (χ4n) is 12.3. The summed E-state index contributed by atoms with van der Waals surface area (Å²) in [5.74, 6) is -2.75. The van der Waals surface area contributed by atoms with Crippen molar-refractivity contribution in [2.24, 2.45) is 17.8 Å². The van der Waals surface area contributed by atoms with E-state index in [1.54, 1.807) is 50.1 Å². The van der Waals surface area contributed by atoms with E-state index in [-0.39, 0.29) is 35.4 Å². The lowest BCUT2D eigenvalue weighted by Gasteiger charge is -2.49. The monoisotopic (exact) mass is 1080 g/mol. The van der Waals surface area contributed by atoms with Crippen LogP contribution in [0.5, 0.6) is 11.5 Å². The van der Waals surface area contributed by atoms with Gasteiger partial charge in [0.05, 0.1) is 29.9 Å². The number of aromatic nitrogens is 2. The minimum Gasteiger partial charge on any atom is -0.493 e. The Balaban J connectivity index is 0.000000179. The van der Waals surface area contributed by atoms with E-state index in [0.29, 0.717) is 61.1 Å². The molecule has 3 amide bonds. The highest BCUT2D eigenvalue weighted by Crippen LogP contribution is 2.49. The highest BCUT2D eigenvalue weighted by atomic mass is 79.9. The number of halogens is 2. The first kappa shape index (κ1) is 51.8. The molecule has 2 aromatic heterocycles. The number of nitrogens with zero attached hydrogens (tertiary/aromatic N) is 5. The van der Waals surface area contributed by atoms with Gasteiger partial charge in [-0.25, -0.2) is 4.39 Å². The number of piperazine rings is 1. The van der Waals surface area contributed by atoms with Gasteiger partial charge in [-0.3, -0.25) is 33.7 Å². The number of nitrogens with one attached hydrogen (secondary N) is 2. The average molecular weight is 1080 g/mol. The number of methoxy groups -OCH3 is 1. The Bertz CT molecular complexity index is 3020. The molecule has 3 aromatic carbocycles. The number of ketones is 1. The van der Waals surface area contributed by atoms with Gasteiger partial charge in [-0.15, -0.1) is 0 Å². The van der Waals surface area contributed by atoms with E-state index in [1.807, 2.05) is 33.0 Å². The van der Waals surface area contributed by atoms with Gasteiger partial charge in [0.15, 0.2) is 22.9 Å². The predicted molar refractivity (Wildman–Crippen MR) is 280 cm³/mol. The molecule has 11 rings (SSSR count). The molecule has 18 heteroatoms. The molecule has 0 unspecified atom stereocenters. The van der Waals surface area contributed by atoms with Crippen LogP contribution < -0.4 is 14.8 Å². The summed E-state index contributed by atoms with van der Waals surface area (Å²) in [5, 5.41) is 21.4. The number of Topliss-reactive ketones (excluding diaryl/α,β-unsaturated/α-hetero) is 1. The van der Waals surface area contributed by atoms with E-state index in [4.69, 9.17) is 18.7 Å². The molecule has 0 saturated carbocycles. The lowest BCUT2D eigenvalue weighted by atomic mass is 9.79. The maximum atomic E-state index is 14.4. The van der Waals surface area contributed by atoms with Crippen LogP contribution in [0.4, 0.5) is 4.39 Å². The topological polar surface area (TPSA) is 183 Å². The number of carbonyl (C=O) groups excluding carboxylic acids is 4. The van der Waals surface area contributed by atoms with Crippen LogP contribution in [0.3, 0.4) is 0 Å². The number of likely N-dealkylation sites (tertiary alicyclic amines) is 1. The van der Waals surface area contributed by atoms with Crippen LogP contribution in [0.1, 0.15) is 106 Å². The molecule has 0 spiro atoms. The number of hydrogen-bond donors (Lipinski definition) is 3. The normalized spacial score (nSPS) is 26.0. The van der Waals surface area contributed by atoms with Gasteiger partial charge >= 0.3 is 0 Å². The zero-order valence-electron chi connectivity index (χ0n) is 43.2. The highest BCUT2D eigenvalue weighted by molar-refractivity contribution is 9.10. The Hall–Kier alpha value is -5.66. The lowest BCUT2D eigenvalue weighted by Crippen LogP contribution is -2.71. The Morgan fingerprint density at radius 1 is 1.04 bits per heavy atom. The van der Waals surface area contributed by atoms with Crippen molar-refractivity contribution in [2.45, 2.75) is 115 Å². The van der Waals surface area contributed by atoms with E-state index in [1.165, 1.54) is 34.9 Å². The number of rotatable bonds is 13. The van der Waals surface area contributed by atoms with Crippen LogP contribution >= 0.6 is 15.9 Å². The first-order valence-electron chi connectivity index (χ1n) is 26.1. The second-order valence-electron chi connectivity index (χ2n) is 21.6. The van der Waals surface area contributed by atoms with Crippen molar-refractivity contribution in [3.8, 4) is 11.5 Å². The maximum absolute atomic E-state index is 14.4. The van der Waals surface area contributed by atoms with Crippen molar-refractivity contribution in [3.05, 3.63) is 93.5 Å². The molecule has 6 atom stereocenters. The minimum atomic E-state index is -2.01. The van der Waals surface area contributed by atoms with Crippen molar-refractivity contribution < 1.29 is 47.4 Å². The fourth-order valence-corrected chi connectivity index (χ4v) is 12.9. The molecule has 7 heterocycles. The molecule has 74 heavy (non-hydrogen) atoms. The van der Waals surface area contributed by atoms with Crippen molar-refractivity contribution >= 4 is 66.9 Å². The quantitative estimate of drug-likeness (QED) is 0.0764. The number of carbonyl (C=O) groups is 4. The van der Waals surface area contributed by atoms with E-state index < -0.39 is 41.5 Å². The molecule has 16 nitrogen and oxygen atoms in total. The maximum Gasteiger partial charge on any atom is 0.281 e. The smallest absolute Gasteiger partial charge is 0.281 e. The third kappa shape index (κ3) is 9.21. The predicted octanol–water partition coefficient (Wildman–Crippen LogP) is 8.02. The van der Waals surface area contributed by atoms with Crippen LogP contribution in [-0.4, -0.2) is 142 Å². The van der Waals surface area contributed by atoms with Gasteiger partial charge in [0.1, 0.15) is 17.9 Å². The Kier molecular flexibility index (Phi) is 14.3. The number of aromatic amines is 1. The molecule has 5 aromatic rings. The zero-order chi connectivity index (χ0) is 52.4. The van der Waals surface area contributed by atoms with Crippen LogP contribution in [0.2, 0.25) is 0 Å². The Morgan fingerprint density at radius 2 is 1.82 bits per heavy atom. The number of ether oxygens (including phenoxy) is 3. The van der Waals surface area contributed by atoms with Crippen molar-refractivity contribution in [2.75, 3.05) is 53.5 Å². The molecule has 5 aliphatic heterocycles. The third-order valence-electron chi connectivity index (χ3n) is 16.1. The number of hydrogen-bond acceptors (Lipinski definition) is 12. The zero-order valence-corrected chi connectivity index (χ0v) is 44.8. The number of piperidine rings is 1. The Morgan fingerprint density at radius 3 is 2.55 bits per heavy atom. The number of likely N-dealkylation sites (N-methyl/N-ethyl adjacent to an activating group) is 1. The van der Waals surface area contributed by atoms with Crippen molar-refractivity contribution in [1.82, 2.24) is 35.1 Å². The minimum absolute atomic E-state index is 0.000894. The average Bonchev–Trinajstić information content (AvgIpc) is 4.17. The van der Waals surface area contributed by atoms with Crippen LogP contribution in [0.15, 0.2) is 69.8 Å². The summed E-state index contributed by atoms with van der Waals surface area (Å²) in [5.41, 5.74) is 4.74. The van der Waals surface area contributed by atoms with Gasteiger partial charge < -0.3 is 39.2 Å². The molecule has 394 valence electrons. The van der Waals surface area contributed by atoms with E-state index in [9.17, 15) is 28.7 Å². The summed E-state index contributed by atoms with van der Waals surface area (Å²) in [6.07, 6.45) is 7.39. The summed E-state index contributed by atoms with van der Waals surface area (Å²) in [7, 11) is 3.60. The van der Waals surface area contributed by atoms with Gasteiger partial charge in [0, 0.05) is 65.4 Å². The van der Waals surface area contributed by atoms with Gasteiger partial charge in [-0.1, -0.05) is 51.1 Å². The number of H-pyrrole nitrogens is 1. The fraction of sp³-hybridized carbons (Fsp3) is 0.518. The molecule has 6 aliphatic rings. The van der Waals surface area contributed by atoms with Gasteiger partial charge in [0.25, 0.3) is 11.8 Å². The first-order chi connectivity index (χ1) is 35.4. The van der Waals surface area contributed by atoms with Crippen LogP contribution in [-0.2, 0) is 25.5 Å². The summed E-state index contributed by atoms with van der Waals surface area (Å²) in [4.78, 5) is 64.7. The summed E-state index contributed by atoms with van der Waals surface area (Å²) in [6, 6.07) is 14.6.